The summed E-state index contributed by atoms with van der Waals surface area (Å²) < 4.78 is 47.7. The summed E-state index contributed by atoms with van der Waals surface area (Å²) in [6.45, 7) is -1.57. The molecule has 0 aliphatic carbocycles. The zero-order valence-electron chi connectivity index (χ0n) is 8.01. The number of nitrogens with one attached hydrogen (secondary N) is 1. The van der Waals surface area contributed by atoms with Crippen molar-refractivity contribution in [3.8, 4) is 5.75 Å². The van der Waals surface area contributed by atoms with Crippen LogP contribution in [0.15, 0.2) is 18.2 Å². The molecule has 0 radical (unpaired) electrons. The van der Waals surface area contributed by atoms with Crippen molar-refractivity contribution in [3.63, 3.8) is 0 Å². The minimum absolute atomic E-state index is 0.137. The first-order valence-electron chi connectivity index (χ1n) is 4.27. The van der Waals surface area contributed by atoms with Gasteiger partial charge in [-0.15, -0.1) is 0 Å². The molecule has 1 aromatic rings. The predicted molar refractivity (Wildman–Crippen MR) is 46.9 cm³/mol. The molecule has 3 nitrogen and oxygen atoms in total. The van der Waals surface area contributed by atoms with Gasteiger partial charge in [0.15, 0.2) is 6.61 Å². The maximum atomic E-state index is 12.7. The highest BCUT2D eigenvalue weighted by atomic mass is 19.4. The SMILES string of the molecule is Oc1cc(F)cc(CNOCC(F)(F)F)c1. The number of halogens is 4. The lowest BCUT2D eigenvalue weighted by Crippen LogP contribution is -2.24. The van der Waals surface area contributed by atoms with Gasteiger partial charge in [-0.05, 0) is 17.7 Å². The van der Waals surface area contributed by atoms with Gasteiger partial charge in [-0.1, -0.05) is 0 Å². The van der Waals surface area contributed by atoms with Gasteiger partial charge in [-0.3, -0.25) is 4.84 Å². The summed E-state index contributed by atoms with van der Waals surface area (Å²) in [5.74, 6) is -0.972. The molecule has 0 atom stereocenters. The number of hydroxylamine groups is 1. The summed E-state index contributed by atoms with van der Waals surface area (Å²) in [5, 5.41) is 8.99. The summed E-state index contributed by atoms with van der Waals surface area (Å²) in [7, 11) is 0. The smallest absolute Gasteiger partial charge is 0.413 e. The molecular formula is C9H9F4NO2. The second-order valence-electron chi connectivity index (χ2n) is 3.04. The average molecular weight is 239 g/mol. The molecule has 0 amide bonds. The maximum Gasteiger partial charge on any atom is 0.413 e. The van der Waals surface area contributed by atoms with Crippen LogP contribution in [0.5, 0.6) is 5.75 Å². The van der Waals surface area contributed by atoms with Crippen LogP contribution in [0.2, 0.25) is 0 Å². The van der Waals surface area contributed by atoms with E-state index >= 15 is 0 Å². The monoisotopic (exact) mass is 239 g/mol. The van der Waals surface area contributed by atoms with Gasteiger partial charge in [-0.25, -0.2) is 4.39 Å². The Morgan fingerprint density at radius 3 is 2.50 bits per heavy atom. The third-order valence-electron chi connectivity index (χ3n) is 1.56. The van der Waals surface area contributed by atoms with Crippen LogP contribution >= 0.6 is 0 Å². The maximum absolute atomic E-state index is 12.7. The lowest BCUT2D eigenvalue weighted by molar-refractivity contribution is -0.190. The quantitative estimate of drug-likeness (QED) is 0.480. The van der Waals surface area contributed by atoms with Crippen molar-refractivity contribution in [2.75, 3.05) is 6.61 Å². The van der Waals surface area contributed by atoms with E-state index in [1.54, 1.807) is 0 Å². The molecule has 1 aromatic carbocycles. The van der Waals surface area contributed by atoms with Crippen molar-refractivity contribution in [2.24, 2.45) is 0 Å². The number of phenols is 1. The van der Waals surface area contributed by atoms with E-state index in [0.717, 1.165) is 12.1 Å². The molecule has 0 unspecified atom stereocenters. The van der Waals surface area contributed by atoms with Gasteiger partial charge in [0.1, 0.15) is 11.6 Å². The summed E-state index contributed by atoms with van der Waals surface area (Å²) in [5.41, 5.74) is 2.29. The third kappa shape index (κ3) is 4.94. The van der Waals surface area contributed by atoms with E-state index in [0.29, 0.717) is 0 Å². The molecule has 2 N–H and O–H groups in total. The molecule has 0 aliphatic rings. The molecule has 7 heteroatoms. The Morgan fingerprint density at radius 2 is 1.94 bits per heavy atom. The highest BCUT2D eigenvalue weighted by Crippen LogP contribution is 2.15. The number of hydrogen-bond donors (Lipinski definition) is 2. The van der Waals surface area contributed by atoms with Crippen LogP contribution in [0.1, 0.15) is 5.56 Å². The van der Waals surface area contributed by atoms with Crippen molar-refractivity contribution in [1.82, 2.24) is 5.48 Å². The molecule has 0 fully saturated rings. The van der Waals surface area contributed by atoms with E-state index in [1.807, 2.05) is 5.48 Å². The van der Waals surface area contributed by atoms with Crippen LogP contribution in [0, 0.1) is 5.82 Å². The fourth-order valence-corrected chi connectivity index (χ4v) is 1.00. The predicted octanol–water partition coefficient (Wildman–Crippen LogP) is 2.11. The Bertz CT molecular complexity index is 334. The van der Waals surface area contributed by atoms with Gasteiger partial charge in [0.2, 0.25) is 0 Å². The summed E-state index contributed by atoms with van der Waals surface area (Å²) >= 11 is 0. The van der Waals surface area contributed by atoms with E-state index in [9.17, 15) is 17.6 Å². The average Bonchev–Trinajstić information content (AvgIpc) is 2.09. The molecule has 0 aromatic heterocycles. The number of alkyl halides is 3. The first-order valence-corrected chi connectivity index (χ1v) is 4.27. The first kappa shape index (κ1) is 12.7. The largest absolute Gasteiger partial charge is 0.508 e. The van der Waals surface area contributed by atoms with E-state index in [1.165, 1.54) is 6.07 Å². The first-order chi connectivity index (χ1) is 7.37. The number of rotatable bonds is 4. The topological polar surface area (TPSA) is 41.5 Å². The van der Waals surface area contributed by atoms with Gasteiger partial charge < -0.3 is 5.11 Å². The van der Waals surface area contributed by atoms with E-state index in [2.05, 4.69) is 4.84 Å². The van der Waals surface area contributed by atoms with Gasteiger partial charge in [0.05, 0.1) is 0 Å². The third-order valence-corrected chi connectivity index (χ3v) is 1.56. The van der Waals surface area contributed by atoms with Crippen LogP contribution in [-0.2, 0) is 11.4 Å². The molecule has 0 bridgehead atoms. The normalized spacial score (nSPS) is 11.8. The van der Waals surface area contributed by atoms with Crippen LogP contribution in [-0.4, -0.2) is 17.9 Å². The van der Waals surface area contributed by atoms with Gasteiger partial charge in [0, 0.05) is 12.6 Å². The molecule has 0 saturated heterocycles. The highest BCUT2D eigenvalue weighted by molar-refractivity contribution is 5.28. The number of hydrogen-bond acceptors (Lipinski definition) is 3. The fourth-order valence-electron chi connectivity index (χ4n) is 1.00. The highest BCUT2D eigenvalue weighted by Gasteiger charge is 2.27. The Kier molecular flexibility index (Phi) is 4.08. The van der Waals surface area contributed by atoms with Crippen LogP contribution < -0.4 is 5.48 Å². The summed E-state index contributed by atoms with van der Waals surface area (Å²) in [6.07, 6.45) is -4.42. The number of benzene rings is 1. The van der Waals surface area contributed by atoms with E-state index in [4.69, 9.17) is 5.11 Å². The van der Waals surface area contributed by atoms with Gasteiger partial charge in [-0.2, -0.15) is 18.7 Å². The number of phenolic OH excluding ortho intramolecular Hbond substituents is 1. The molecule has 0 heterocycles. The molecule has 16 heavy (non-hydrogen) atoms. The molecule has 0 aliphatic heterocycles. The van der Waals surface area contributed by atoms with Crippen molar-refractivity contribution in [3.05, 3.63) is 29.6 Å². The lowest BCUT2D eigenvalue weighted by atomic mass is 10.2. The Labute approximate surface area is 88.6 Å². The van der Waals surface area contributed by atoms with Gasteiger partial charge in [0.25, 0.3) is 0 Å². The molecule has 0 saturated carbocycles. The Hall–Kier alpha value is -1.34. The second kappa shape index (κ2) is 5.13. The van der Waals surface area contributed by atoms with E-state index < -0.39 is 18.6 Å². The second-order valence-corrected chi connectivity index (χ2v) is 3.04. The molecule has 1 rings (SSSR count). The lowest BCUT2D eigenvalue weighted by Gasteiger charge is -2.08. The van der Waals surface area contributed by atoms with Gasteiger partial charge >= 0.3 is 6.18 Å². The van der Waals surface area contributed by atoms with Crippen molar-refractivity contribution >= 4 is 0 Å². The zero-order valence-corrected chi connectivity index (χ0v) is 8.01. The molecule has 0 spiro atoms. The fraction of sp³-hybridized carbons (Fsp3) is 0.333. The van der Waals surface area contributed by atoms with Crippen molar-refractivity contribution in [2.45, 2.75) is 12.7 Å². The van der Waals surface area contributed by atoms with Crippen LogP contribution in [0.25, 0.3) is 0 Å². The van der Waals surface area contributed by atoms with Crippen molar-refractivity contribution in [1.29, 1.82) is 0 Å². The zero-order chi connectivity index (χ0) is 12.2. The minimum atomic E-state index is -4.42. The Morgan fingerprint density at radius 1 is 1.25 bits per heavy atom. The molecule has 90 valence electrons. The van der Waals surface area contributed by atoms with Crippen LogP contribution in [0.3, 0.4) is 0 Å². The minimum Gasteiger partial charge on any atom is -0.508 e. The standard InChI is InChI=1S/C9H9F4NO2/c10-7-1-6(2-8(15)3-7)4-14-16-5-9(11,12)13/h1-3,14-15H,4-5H2. The van der Waals surface area contributed by atoms with Crippen molar-refractivity contribution < 1.29 is 27.5 Å². The Balaban J connectivity index is 2.37. The molecular weight excluding hydrogens is 230 g/mol. The summed E-state index contributed by atoms with van der Waals surface area (Å²) in [6, 6.07) is 3.18. The summed E-state index contributed by atoms with van der Waals surface area (Å²) in [4.78, 5) is 4.10. The van der Waals surface area contributed by atoms with Crippen LogP contribution in [0.4, 0.5) is 17.6 Å². The van der Waals surface area contributed by atoms with E-state index in [-0.39, 0.29) is 17.9 Å². The number of aromatic hydroxyl groups is 1.